The Kier molecular flexibility index (Phi) is 6.23. The van der Waals surface area contributed by atoms with Gasteiger partial charge < -0.3 is 14.2 Å². The van der Waals surface area contributed by atoms with E-state index in [2.05, 4.69) is 4.98 Å². The summed E-state index contributed by atoms with van der Waals surface area (Å²) < 4.78 is 31.8. The molecule has 5 rings (SSSR count). The highest BCUT2D eigenvalue weighted by Gasteiger charge is 2.19. The third kappa shape index (κ3) is 4.75. The predicted molar refractivity (Wildman–Crippen MR) is 131 cm³/mol. The van der Waals surface area contributed by atoms with E-state index in [0.29, 0.717) is 23.6 Å². The van der Waals surface area contributed by atoms with Gasteiger partial charge in [0.15, 0.2) is 0 Å². The van der Waals surface area contributed by atoms with Crippen molar-refractivity contribution in [3.8, 4) is 34.4 Å². The van der Waals surface area contributed by atoms with E-state index < -0.39 is 6.67 Å². The van der Waals surface area contributed by atoms with Crippen molar-refractivity contribution in [3.05, 3.63) is 99.5 Å². The molecule has 0 saturated heterocycles. The largest absolute Gasteiger partial charge is 0.497 e. The van der Waals surface area contributed by atoms with Gasteiger partial charge in [0.25, 0.3) is 0 Å². The minimum atomic E-state index is -0.535. The minimum absolute atomic E-state index is 0.254. The number of nitrogens with zero attached hydrogens (tertiary/aromatic N) is 2. The quantitative estimate of drug-likeness (QED) is 0.349. The molecule has 4 aromatic rings. The lowest BCUT2D eigenvalue weighted by Gasteiger charge is -2.22. The lowest BCUT2D eigenvalue weighted by Crippen LogP contribution is -2.28. The summed E-state index contributed by atoms with van der Waals surface area (Å²) in [6, 6.07) is 20.4. The van der Waals surface area contributed by atoms with Crippen molar-refractivity contribution >= 4 is 0 Å². The van der Waals surface area contributed by atoms with Crippen molar-refractivity contribution in [2.45, 2.75) is 33.2 Å². The van der Waals surface area contributed by atoms with Crippen LogP contribution in [0.5, 0.6) is 23.1 Å². The molecule has 0 amide bonds. The lowest BCUT2D eigenvalue weighted by molar-refractivity contribution is 0.291. The molecule has 1 aromatic heterocycles. The first-order valence-corrected chi connectivity index (χ1v) is 11.4. The van der Waals surface area contributed by atoms with E-state index in [0.717, 1.165) is 40.1 Å². The zero-order valence-corrected chi connectivity index (χ0v) is 19.6. The molecule has 6 nitrogen and oxygen atoms in total. The number of halogens is 1. The van der Waals surface area contributed by atoms with E-state index in [-0.39, 0.29) is 18.2 Å². The number of hydrogen-bond donors (Lipinski definition) is 0. The molecule has 1 aliphatic rings. The van der Waals surface area contributed by atoms with Crippen molar-refractivity contribution in [2.24, 2.45) is 0 Å². The van der Waals surface area contributed by atoms with Gasteiger partial charge >= 0.3 is 5.69 Å². The highest BCUT2D eigenvalue weighted by atomic mass is 19.1. The molecule has 0 N–H and O–H groups in total. The van der Waals surface area contributed by atoms with Crippen LogP contribution in [0, 0.1) is 6.92 Å². The van der Waals surface area contributed by atoms with E-state index in [9.17, 15) is 9.18 Å². The van der Waals surface area contributed by atoms with Crippen LogP contribution < -0.4 is 19.9 Å². The Bertz CT molecular complexity index is 1450. The predicted octanol–water partition coefficient (Wildman–Crippen LogP) is 5.62. The second kappa shape index (κ2) is 9.62. The third-order valence-electron chi connectivity index (χ3n) is 6.09. The summed E-state index contributed by atoms with van der Waals surface area (Å²) in [5, 5.41) is 0. The monoisotopic (exact) mass is 472 g/mol. The van der Waals surface area contributed by atoms with Gasteiger partial charge in [-0.2, -0.15) is 4.98 Å². The summed E-state index contributed by atoms with van der Waals surface area (Å²) in [4.78, 5) is 16.8. The fourth-order valence-corrected chi connectivity index (χ4v) is 4.28. The molecule has 35 heavy (non-hydrogen) atoms. The molecule has 0 atom stereocenters. The second-order valence-corrected chi connectivity index (χ2v) is 8.46. The summed E-state index contributed by atoms with van der Waals surface area (Å²) in [7, 11) is 1.64. The van der Waals surface area contributed by atoms with Crippen molar-refractivity contribution in [3.63, 3.8) is 0 Å². The average Bonchev–Trinajstić information content (AvgIpc) is 2.88. The molecule has 2 heterocycles. The molecular formula is C28H25FN2O4. The fraction of sp³-hybridized carbons (Fsp3) is 0.214. The zero-order valence-electron chi connectivity index (χ0n) is 19.6. The molecule has 7 heteroatoms. The minimum Gasteiger partial charge on any atom is -0.497 e. The van der Waals surface area contributed by atoms with Crippen LogP contribution in [0.3, 0.4) is 0 Å². The van der Waals surface area contributed by atoms with Gasteiger partial charge in [-0.3, -0.25) is 4.57 Å². The topological polar surface area (TPSA) is 62.6 Å². The number of rotatable bonds is 7. The van der Waals surface area contributed by atoms with Crippen molar-refractivity contribution in [1.29, 1.82) is 0 Å². The Labute approximate surface area is 202 Å². The maximum absolute atomic E-state index is 12.9. The molecule has 0 saturated carbocycles. The molecule has 1 aliphatic heterocycles. The third-order valence-corrected chi connectivity index (χ3v) is 6.09. The molecule has 0 radical (unpaired) electrons. The Morgan fingerprint density at radius 1 is 1.00 bits per heavy atom. The normalized spacial score (nSPS) is 12.0. The van der Waals surface area contributed by atoms with Crippen LogP contribution in [0.4, 0.5) is 4.39 Å². The molecule has 3 aromatic carbocycles. The SMILES string of the molecule is COc1ccc2c(c1)CCn1c-2cc(OCc2ccc(Oc3cccc(CF)c3)c(C)c2)nc1=O. The van der Waals surface area contributed by atoms with Gasteiger partial charge in [0.05, 0.1) is 12.8 Å². The molecule has 0 fully saturated rings. The van der Waals surface area contributed by atoms with Gasteiger partial charge in [0.2, 0.25) is 5.88 Å². The summed E-state index contributed by atoms with van der Waals surface area (Å²) in [5.74, 6) is 2.35. The number of methoxy groups -OCH3 is 1. The van der Waals surface area contributed by atoms with Crippen LogP contribution >= 0.6 is 0 Å². The number of benzene rings is 3. The molecule has 0 unspecified atom stereocenters. The molecular weight excluding hydrogens is 447 g/mol. The summed E-state index contributed by atoms with van der Waals surface area (Å²) in [6.45, 7) is 2.22. The fourth-order valence-electron chi connectivity index (χ4n) is 4.28. The number of aromatic nitrogens is 2. The van der Waals surface area contributed by atoms with E-state index in [4.69, 9.17) is 14.2 Å². The molecule has 0 aliphatic carbocycles. The lowest BCUT2D eigenvalue weighted by atomic mass is 9.97. The smallest absolute Gasteiger partial charge is 0.351 e. The molecule has 178 valence electrons. The van der Waals surface area contributed by atoms with Crippen LogP contribution in [-0.4, -0.2) is 16.7 Å². The van der Waals surface area contributed by atoms with E-state index >= 15 is 0 Å². The van der Waals surface area contributed by atoms with Gasteiger partial charge in [0.1, 0.15) is 30.5 Å². The number of aryl methyl sites for hydroxylation is 2. The van der Waals surface area contributed by atoms with Gasteiger partial charge in [-0.05, 0) is 78.1 Å². The summed E-state index contributed by atoms with van der Waals surface area (Å²) in [6.07, 6.45) is 0.743. The molecule has 0 spiro atoms. The van der Waals surface area contributed by atoms with E-state index in [1.165, 1.54) is 0 Å². The highest BCUT2D eigenvalue weighted by molar-refractivity contribution is 5.67. The highest BCUT2D eigenvalue weighted by Crippen LogP contribution is 2.32. The van der Waals surface area contributed by atoms with Gasteiger partial charge in [0, 0.05) is 18.2 Å². The number of ether oxygens (including phenoxy) is 3. The van der Waals surface area contributed by atoms with Crippen LogP contribution in [0.1, 0.15) is 22.3 Å². The Hall–Kier alpha value is -4.13. The van der Waals surface area contributed by atoms with E-state index in [1.54, 1.807) is 35.9 Å². The number of fused-ring (bicyclic) bond motifs is 3. The van der Waals surface area contributed by atoms with Gasteiger partial charge in [-0.15, -0.1) is 0 Å². The standard InChI is InChI=1S/C28H25FN2O4/c1-18-12-20(6-9-26(18)35-23-5-3-4-19(13-23)16-29)17-34-27-15-25-24-8-7-22(33-2)14-21(24)10-11-31(25)28(32)30-27/h3-9,12-15H,10-11,16-17H2,1-2H3. The molecule has 0 bridgehead atoms. The maximum Gasteiger partial charge on any atom is 0.351 e. The van der Waals surface area contributed by atoms with Crippen LogP contribution in [0.15, 0.2) is 71.5 Å². The maximum atomic E-state index is 12.9. The van der Waals surface area contributed by atoms with Crippen molar-refractivity contribution in [2.75, 3.05) is 7.11 Å². The summed E-state index contributed by atoms with van der Waals surface area (Å²) >= 11 is 0. The van der Waals surface area contributed by atoms with Crippen molar-refractivity contribution in [1.82, 2.24) is 9.55 Å². The Morgan fingerprint density at radius 2 is 1.89 bits per heavy atom. The first-order valence-electron chi connectivity index (χ1n) is 11.4. The van der Waals surface area contributed by atoms with Crippen LogP contribution in [0.2, 0.25) is 0 Å². The average molecular weight is 473 g/mol. The first-order chi connectivity index (χ1) is 17.0. The van der Waals surface area contributed by atoms with Crippen molar-refractivity contribution < 1.29 is 18.6 Å². The van der Waals surface area contributed by atoms with Gasteiger partial charge in [-0.25, -0.2) is 9.18 Å². The van der Waals surface area contributed by atoms with Crippen LogP contribution in [-0.2, 0) is 26.2 Å². The van der Waals surface area contributed by atoms with Gasteiger partial charge in [-0.1, -0.05) is 18.2 Å². The summed E-state index contributed by atoms with van der Waals surface area (Å²) in [5.41, 5.74) is 4.98. The first kappa shape index (κ1) is 22.7. The Balaban J connectivity index is 1.33. The second-order valence-electron chi connectivity index (χ2n) is 8.46. The zero-order chi connectivity index (χ0) is 24.4. The Morgan fingerprint density at radius 3 is 2.69 bits per heavy atom. The number of hydrogen-bond acceptors (Lipinski definition) is 5. The number of alkyl halides is 1. The van der Waals surface area contributed by atoms with Crippen LogP contribution in [0.25, 0.3) is 11.3 Å². The van der Waals surface area contributed by atoms with E-state index in [1.807, 2.05) is 49.4 Å².